The highest BCUT2D eigenvalue weighted by Gasteiger charge is 2.40. The van der Waals surface area contributed by atoms with E-state index in [-0.39, 0.29) is 17.6 Å². The molecule has 1 fully saturated rings. The van der Waals surface area contributed by atoms with E-state index in [1.165, 1.54) is 16.9 Å². The minimum absolute atomic E-state index is 0.0937. The van der Waals surface area contributed by atoms with Crippen molar-refractivity contribution in [2.45, 2.75) is 50.8 Å². The van der Waals surface area contributed by atoms with Crippen molar-refractivity contribution in [3.63, 3.8) is 0 Å². The van der Waals surface area contributed by atoms with Crippen LogP contribution in [0.15, 0.2) is 29.8 Å². The minimum Gasteiger partial charge on any atom is -0.486 e. The topological polar surface area (TPSA) is 54.5 Å². The van der Waals surface area contributed by atoms with E-state index < -0.39 is 0 Å². The maximum absolute atomic E-state index is 12.8. The first-order chi connectivity index (χ1) is 12.6. The lowest BCUT2D eigenvalue weighted by Gasteiger charge is -2.42. The van der Waals surface area contributed by atoms with Gasteiger partial charge in [0.05, 0.1) is 11.2 Å². The number of benzene rings is 1. The molecule has 0 bridgehead atoms. The lowest BCUT2D eigenvalue weighted by atomic mass is 9.81. The number of ether oxygens (including phenoxy) is 1. The van der Waals surface area contributed by atoms with Crippen molar-refractivity contribution in [3.05, 3.63) is 45.9 Å². The average Bonchev–Trinajstić information content (AvgIpc) is 3.00. The number of nitrogens with zero attached hydrogens (tertiary/aromatic N) is 2. The molecule has 1 amide bonds. The Hall–Kier alpha value is -1.92. The van der Waals surface area contributed by atoms with Gasteiger partial charge in [-0.25, -0.2) is 4.98 Å². The predicted octanol–water partition coefficient (Wildman–Crippen LogP) is 3.39. The first-order valence-electron chi connectivity index (χ1n) is 9.23. The molecule has 6 heteroatoms. The van der Waals surface area contributed by atoms with Crippen molar-refractivity contribution >= 4 is 17.2 Å². The van der Waals surface area contributed by atoms with Crippen LogP contribution in [0.5, 0.6) is 5.75 Å². The second-order valence-electron chi connectivity index (χ2n) is 7.41. The number of hydrogen-bond donors (Lipinski definition) is 1. The quantitative estimate of drug-likeness (QED) is 0.879. The number of para-hydroxylation sites is 1. The number of carbonyl (C=O) groups is 1. The fourth-order valence-corrected chi connectivity index (χ4v) is 4.86. The number of nitrogens with one attached hydrogen (secondary N) is 1. The van der Waals surface area contributed by atoms with E-state index in [9.17, 15) is 4.79 Å². The molecule has 1 aliphatic carbocycles. The lowest BCUT2D eigenvalue weighted by molar-refractivity contribution is 0.0103. The van der Waals surface area contributed by atoms with E-state index in [4.69, 9.17) is 4.74 Å². The van der Waals surface area contributed by atoms with Crippen molar-refractivity contribution in [1.82, 2.24) is 15.2 Å². The van der Waals surface area contributed by atoms with Gasteiger partial charge < -0.3 is 15.0 Å². The minimum atomic E-state index is -0.159. The van der Waals surface area contributed by atoms with Crippen LogP contribution in [0.25, 0.3) is 0 Å². The Bertz CT molecular complexity index is 796. The smallest absolute Gasteiger partial charge is 0.265 e. The summed E-state index contributed by atoms with van der Waals surface area (Å²) in [6, 6.07) is 8.54. The van der Waals surface area contributed by atoms with Gasteiger partial charge in [0.15, 0.2) is 0 Å². The van der Waals surface area contributed by atoms with Gasteiger partial charge in [-0.15, -0.1) is 11.3 Å². The maximum atomic E-state index is 12.8. The number of amides is 1. The summed E-state index contributed by atoms with van der Waals surface area (Å²) in [5.41, 5.74) is 3.63. The molecule has 0 unspecified atom stereocenters. The fraction of sp³-hybridized carbons (Fsp3) is 0.500. The first kappa shape index (κ1) is 17.5. The number of carbonyl (C=O) groups excluding carboxylic acids is 1. The summed E-state index contributed by atoms with van der Waals surface area (Å²) in [5.74, 6) is 1.09. The van der Waals surface area contributed by atoms with Crippen molar-refractivity contribution in [3.8, 4) is 5.75 Å². The molecule has 1 aromatic heterocycles. The standard InChI is InChI=1S/C20H25N3O2S/c1-14-18(26-13-22-14)19(24)23(2)16-7-9-20(10-8-16)12-21-11-15-5-3-4-6-17(15)25-20/h3-6,13,16,21H,7-12H2,1-2H3. The first-order valence-corrected chi connectivity index (χ1v) is 10.1. The van der Waals surface area contributed by atoms with Crippen LogP contribution in [0.1, 0.15) is 46.6 Å². The Kier molecular flexibility index (Phi) is 4.71. The van der Waals surface area contributed by atoms with Crippen molar-refractivity contribution in [2.75, 3.05) is 13.6 Å². The van der Waals surface area contributed by atoms with Crippen molar-refractivity contribution < 1.29 is 9.53 Å². The zero-order chi connectivity index (χ0) is 18.1. The van der Waals surface area contributed by atoms with Gasteiger partial charge in [0.25, 0.3) is 5.91 Å². The van der Waals surface area contributed by atoms with E-state index in [0.717, 1.165) is 55.1 Å². The molecule has 1 spiro atoms. The number of aromatic nitrogens is 1. The molecule has 138 valence electrons. The van der Waals surface area contributed by atoms with E-state index in [2.05, 4.69) is 28.5 Å². The molecular weight excluding hydrogens is 346 g/mol. The molecule has 1 N–H and O–H groups in total. The molecule has 26 heavy (non-hydrogen) atoms. The van der Waals surface area contributed by atoms with Crippen LogP contribution in [-0.2, 0) is 6.54 Å². The fourth-order valence-electron chi connectivity index (χ4n) is 4.07. The highest BCUT2D eigenvalue weighted by molar-refractivity contribution is 7.11. The highest BCUT2D eigenvalue weighted by atomic mass is 32.1. The summed E-state index contributed by atoms with van der Waals surface area (Å²) in [7, 11) is 1.92. The summed E-state index contributed by atoms with van der Waals surface area (Å²) in [6.45, 7) is 3.61. The van der Waals surface area contributed by atoms with Crippen molar-refractivity contribution in [2.24, 2.45) is 0 Å². The van der Waals surface area contributed by atoms with Gasteiger partial charge in [0.1, 0.15) is 16.2 Å². The largest absolute Gasteiger partial charge is 0.486 e. The van der Waals surface area contributed by atoms with Crippen LogP contribution >= 0.6 is 11.3 Å². The zero-order valence-electron chi connectivity index (χ0n) is 15.3. The Morgan fingerprint density at radius 1 is 1.35 bits per heavy atom. The van der Waals surface area contributed by atoms with Gasteiger partial charge in [-0.3, -0.25) is 4.79 Å². The summed E-state index contributed by atoms with van der Waals surface area (Å²) in [6.07, 6.45) is 3.84. The predicted molar refractivity (Wildman–Crippen MR) is 103 cm³/mol. The SMILES string of the molecule is Cc1ncsc1C(=O)N(C)C1CCC2(CC1)CNCc1ccccc1O2. The van der Waals surface area contributed by atoms with Gasteiger partial charge in [0.2, 0.25) is 0 Å². The van der Waals surface area contributed by atoms with E-state index >= 15 is 0 Å². The van der Waals surface area contributed by atoms with Crippen LogP contribution in [0, 0.1) is 6.92 Å². The summed E-state index contributed by atoms with van der Waals surface area (Å²) < 4.78 is 6.49. The number of hydrogen-bond acceptors (Lipinski definition) is 5. The second kappa shape index (κ2) is 7.00. The molecule has 0 radical (unpaired) electrons. The van der Waals surface area contributed by atoms with Gasteiger partial charge in [-0.1, -0.05) is 18.2 Å². The number of thiazole rings is 1. The number of fused-ring (bicyclic) bond motifs is 1. The Morgan fingerprint density at radius 3 is 2.85 bits per heavy atom. The van der Waals surface area contributed by atoms with Crippen LogP contribution in [-0.4, -0.2) is 41.0 Å². The molecule has 5 nitrogen and oxygen atoms in total. The Morgan fingerprint density at radius 2 is 2.12 bits per heavy atom. The maximum Gasteiger partial charge on any atom is 0.265 e. The molecule has 4 rings (SSSR count). The van der Waals surface area contributed by atoms with Gasteiger partial charge in [-0.2, -0.15) is 0 Å². The molecule has 2 heterocycles. The van der Waals surface area contributed by atoms with Crippen molar-refractivity contribution in [1.29, 1.82) is 0 Å². The summed E-state index contributed by atoms with van der Waals surface area (Å²) in [5, 5.41) is 3.55. The second-order valence-corrected chi connectivity index (χ2v) is 8.27. The zero-order valence-corrected chi connectivity index (χ0v) is 16.1. The Balaban J connectivity index is 1.44. The Labute approximate surface area is 158 Å². The molecule has 0 atom stereocenters. The number of aryl methyl sites for hydroxylation is 1. The molecule has 1 saturated carbocycles. The van der Waals surface area contributed by atoms with Gasteiger partial charge >= 0.3 is 0 Å². The van der Waals surface area contributed by atoms with E-state index in [1.807, 2.05) is 24.9 Å². The third-order valence-electron chi connectivity index (χ3n) is 5.74. The average molecular weight is 372 g/mol. The van der Waals surface area contributed by atoms with Crippen LogP contribution in [0.4, 0.5) is 0 Å². The highest BCUT2D eigenvalue weighted by Crippen LogP contribution is 2.37. The normalized spacial score (nSPS) is 25.2. The summed E-state index contributed by atoms with van der Waals surface area (Å²) >= 11 is 1.43. The molecular formula is C20H25N3O2S. The van der Waals surface area contributed by atoms with Gasteiger partial charge in [-0.05, 0) is 38.7 Å². The third-order valence-corrected chi connectivity index (χ3v) is 6.65. The monoisotopic (exact) mass is 371 g/mol. The molecule has 1 aliphatic heterocycles. The van der Waals surface area contributed by atoms with E-state index in [1.54, 1.807) is 5.51 Å². The number of rotatable bonds is 2. The van der Waals surface area contributed by atoms with Crippen LogP contribution < -0.4 is 10.1 Å². The molecule has 2 aromatic rings. The van der Waals surface area contributed by atoms with Crippen LogP contribution in [0.2, 0.25) is 0 Å². The third kappa shape index (κ3) is 3.23. The van der Waals surface area contributed by atoms with E-state index in [0.29, 0.717) is 0 Å². The van der Waals surface area contributed by atoms with Crippen LogP contribution in [0.3, 0.4) is 0 Å². The van der Waals surface area contributed by atoms with Gasteiger partial charge in [0, 0.05) is 31.7 Å². The molecule has 2 aliphatic rings. The molecule has 1 aromatic carbocycles. The lowest BCUT2D eigenvalue weighted by Crippen LogP contribution is -2.51. The summed E-state index contributed by atoms with van der Waals surface area (Å²) in [4.78, 5) is 19.6. The molecule has 0 saturated heterocycles.